The number of carbonyl (C=O) groups excluding carboxylic acids is 1. The van der Waals surface area contributed by atoms with Crippen LogP contribution in [0.2, 0.25) is 0 Å². The van der Waals surface area contributed by atoms with Crippen molar-refractivity contribution in [3.05, 3.63) is 87.2 Å². The molecular weight excluding hydrogens is 426 g/mol. The second-order valence-corrected chi connectivity index (χ2v) is 8.38. The number of rotatable bonds is 6. The Bertz CT molecular complexity index is 1120. The van der Waals surface area contributed by atoms with Crippen LogP contribution in [0.1, 0.15) is 22.5 Å². The molecule has 0 radical (unpaired) electrons. The number of amides is 1. The second kappa shape index (κ2) is 9.69. The zero-order valence-corrected chi connectivity index (χ0v) is 18.5. The number of aryl methyl sites for hydroxylation is 1. The molecule has 0 spiro atoms. The molecule has 1 amide bonds. The van der Waals surface area contributed by atoms with Gasteiger partial charge in [-0.15, -0.1) is 0 Å². The summed E-state index contributed by atoms with van der Waals surface area (Å²) in [6.07, 6.45) is 3.91. The number of anilines is 1. The topological polar surface area (TPSA) is 92.5 Å². The van der Waals surface area contributed by atoms with Crippen LogP contribution in [0.3, 0.4) is 0 Å². The number of hydrogen-bond donors (Lipinski definition) is 0. The number of nitrogens with zero attached hydrogens (tertiary/aromatic N) is 5. The lowest BCUT2D eigenvalue weighted by molar-refractivity contribution is -0.384. The lowest BCUT2D eigenvalue weighted by Gasteiger charge is -2.33. The molecule has 164 valence electrons. The lowest BCUT2D eigenvalue weighted by atomic mass is 10.1. The van der Waals surface area contributed by atoms with Gasteiger partial charge < -0.3 is 9.80 Å². The molecule has 0 N–H and O–H groups in total. The third-order valence-corrected chi connectivity index (χ3v) is 6.14. The summed E-state index contributed by atoms with van der Waals surface area (Å²) >= 11 is 1.40. The summed E-state index contributed by atoms with van der Waals surface area (Å²) in [6, 6.07) is 14.5. The van der Waals surface area contributed by atoms with Gasteiger partial charge in [0.05, 0.1) is 4.92 Å². The Hall–Kier alpha value is -3.59. The van der Waals surface area contributed by atoms with Crippen LogP contribution in [0, 0.1) is 17.0 Å². The molecule has 32 heavy (non-hydrogen) atoms. The van der Waals surface area contributed by atoms with Gasteiger partial charge in [-0.25, -0.2) is 4.98 Å². The standard InChI is InChI=1S/C23H23N5O3S/c1-17-2-4-19(5-3-17)16-21-24-23(32-25-21)27-14-12-26(13-15-27)22(29)11-8-18-6-9-20(10-7-18)28(30)31/h2-11H,12-16H2,1H3/b11-8+. The van der Waals surface area contributed by atoms with E-state index in [0.717, 1.165) is 16.5 Å². The molecule has 1 saturated heterocycles. The predicted octanol–water partition coefficient (Wildman–Crippen LogP) is 3.71. The van der Waals surface area contributed by atoms with Gasteiger partial charge >= 0.3 is 0 Å². The van der Waals surface area contributed by atoms with Crippen LogP contribution in [0.4, 0.5) is 10.8 Å². The van der Waals surface area contributed by atoms with E-state index in [9.17, 15) is 14.9 Å². The first kappa shape index (κ1) is 21.6. The second-order valence-electron chi connectivity index (χ2n) is 7.65. The van der Waals surface area contributed by atoms with E-state index in [4.69, 9.17) is 0 Å². The van der Waals surface area contributed by atoms with Gasteiger partial charge in [0, 0.05) is 62.3 Å². The molecule has 0 saturated carbocycles. The fourth-order valence-electron chi connectivity index (χ4n) is 3.43. The van der Waals surface area contributed by atoms with Crippen molar-refractivity contribution in [1.82, 2.24) is 14.3 Å². The molecule has 0 bridgehead atoms. The molecule has 0 unspecified atom stereocenters. The highest BCUT2D eigenvalue weighted by Crippen LogP contribution is 2.21. The molecule has 4 rings (SSSR count). The summed E-state index contributed by atoms with van der Waals surface area (Å²) in [5.74, 6) is 0.749. The van der Waals surface area contributed by atoms with Crippen molar-refractivity contribution in [3.8, 4) is 0 Å². The van der Waals surface area contributed by atoms with Crippen molar-refractivity contribution in [2.24, 2.45) is 0 Å². The molecule has 0 aliphatic carbocycles. The zero-order valence-electron chi connectivity index (χ0n) is 17.7. The smallest absolute Gasteiger partial charge is 0.269 e. The minimum atomic E-state index is -0.443. The van der Waals surface area contributed by atoms with Gasteiger partial charge in [0.2, 0.25) is 11.0 Å². The third-order valence-electron chi connectivity index (χ3n) is 5.32. The number of nitro groups is 1. The van der Waals surface area contributed by atoms with Crippen LogP contribution in [0.25, 0.3) is 6.08 Å². The average Bonchev–Trinajstić information content (AvgIpc) is 3.28. The molecule has 1 aromatic heterocycles. The van der Waals surface area contributed by atoms with Crippen LogP contribution in [-0.4, -0.2) is 51.3 Å². The van der Waals surface area contributed by atoms with Crippen molar-refractivity contribution in [1.29, 1.82) is 0 Å². The van der Waals surface area contributed by atoms with E-state index in [1.807, 2.05) is 0 Å². The normalized spacial score (nSPS) is 14.2. The van der Waals surface area contributed by atoms with Crippen LogP contribution in [0.5, 0.6) is 0 Å². The number of piperazine rings is 1. The fourth-order valence-corrected chi connectivity index (χ4v) is 4.17. The molecule has 1 aliphatic rings. The van der Waals surface area contributed by atoms with E-state index >= 15 is 0 Å². The van der Waals surface area contributed by atoms with Crippen LogP contribution >= 0.6 is 11.5 Å². The monoisotopic (exact) mass is 449 g/mol. The molecule has 1 fully saturated rings. The molecule has 3 aromatic rings. The third kappa shape index (κ3) is 5.36. The molecule has 1 aliphatic heterocycles. The Morgan fingerprint density at radius 1 is 1.09 bits per heavy atom. The summed E-state index contributed by atoms with van der Waals surface area (Å²) < 4.78 is 4.50. The van der Waals surface area contributed by atoms with Crippen LogP contribution in [-0.2, 0) is 11.2 Å². The van der Waals surface area contributed by atoms with Crippen molar-refractivity contribution >= 4 is 34.3 Å². The molecule has 9 heteroatoms. The van der Waals surface area contributed by atoms with E-state index in [1.165, 1.54) is 40.9 Å². The van der Waals surface area contributed by atoms with E-state index in [2.05, 4.69) is 45.4 Å². The van der Waals surface area contributed by atoms with E-state index in [-0.39, 0.29) is 11.6 Å². The Balaban J connectivity index is 1.29. The molecule has 2 aromatic carbocycles. The van der Waals surface area contributed by atoms with Crippen molar-refractivity contribution < 1.29 is 9.72 Å². The van der Waals surface area contributed by atoms with E-state index < -0.39 is 4.92 Å². The van der Waals surface area contributed by atoms with E-state index in [1.54, 1.807) is 23.1 Å². The Morgan fingerprint density at radius 2 is 1.78 bits per heavy atom. The van der Waals surface area contributed by atoms with Gasteiger partial charge in [0.25, 0.3) is 5.69 Å². The minimum Gasteiger partial charge on any atom is -0.343 e. The lowest BCUT2D eigenvalue weighted by Crippen LogP contribution is -2.48. The minimum absolute atomic E-state index is 0.0308. The highest BCUT2D eigenvalue weighted by Gasteiger charge is 2.22. The highest BCUT2D eigenvalue weighted by molar-refractivity contribution is 7.09. The molecule has 2 heterocycles. The summed E-state index contributed by atoms with van der Waals surface area (Å²) in [4.78, 5) is 31.4. The maximum Gasteiger partial charge on any atom is 0.269 e. The van der Waals surface area contributed by atoms with Crippen LogP contribution < -0.4 is 4.90 Å². The Kier molecular flexibility index (Phi) is 6.55. The summed E-state index contributed by atoms with van der Waals surface area (Å²) in [5.41, 5.74) is 3.20. The first-order valence-electron chi connectivity index (χ1n) is 10.3. The summed E-state index contributed by atoms with van der Waals surface area (Å²) in [6.45, 7) is 4.69. The Labute approximate surface area is 190 Å². The zero-order chi connectivity index (χ0) is 22.5. The summed E-state index contributed by atoms with van der Waals surface area (Å²) in [7, 11) is 0. The van der Waals surface area contributed by atoms with Gasteiger partial charge in [-0.1, -0.05) is 29.8 Å². The number of aromatic nitrogens is 2. The van der Waals surface area contributed by atoms with Gasteiger partial charge in [0.1, 0.15) is 5.82 Å². The maximum atomic E-state index is 12.5. The van der Waals surface area contributed by atoms with Gasteiger partial charge in [-0.05, 0) is 36.3 Å². The summed E-state index contributed by atoms with van der Waals surface area (Å²) in [5, 5.41) is 11.6. The molecule has 8 nitrogen and oxygen atoms in total. The number of non-ortho nitro benzene ring substituents is 1. The number of benzene rings is 2. The van der Waals surface area contributed by atoms with E-state index in [0.29, 0.717) is 32.6 Å². The van der Waals surface area contributed by atoms with Crippen LogP contribution in [0.15, 0.2) is 54.6 Å². The Morgan fingerprint density at radius 3 is 2.44 bits per heavy atom. The van der Waals surface area contributed by atoms with Gasteiger partial charge in [-0.2, -0.15) is 4.37 Å². The van der Waals surface area contributed by atoms with Crippen molar-refractivity contribution in [2.75, 3.05) is 31.1 Å². The number of carbonyl (C=O) groups is 1. The highest BCUT2D eigenvalue weighted by atomic mass is 32.1. The first-order valence-corrected chi connectivity index (χ1v) is 11.1. The molecular formula is C23H23N5O3S. The van der Waals surface area contributed by atoms with Gasteiger partial charge in [0.15, 0.2) is 0 Å². The maximum absolute atomic E-state index is 12.5. The average molecular weight is 450 g/mol. The number of hydrogen-bond acceptors (Lipinski definition) is 7. The molecule has 0 atom stereocenters. The number of nitro benzene ring substituents is 1. The fraction of sp³-hybridized carbons (Fsp3) is 0.261. The van der Waals surface area contributed by atoms with Gasteiger partial charge in [-0.3, -0.25) is 14.9 Å². The largest absolute Gasteiger partial charge is 0.343 e. The SMILES string of the molecule is Cc1ccc(Cc2nsc(N3CCN(C(=O)/C=C/c4ccc([N+](=O)[O-])cc4)CC3)n2)cc1. The predicted molar refractivity (Wildman–Crippen MR) is 125 cm³/mol. The van der Waals surface area contributed by atoms with Crippen molar-refractivity contribution in [2.45, 2.75) is 13.3 Å². The quantitative estimate of drug-likeness (QED) is 0.324. The van der Waals surface area contributed by atoms with Crippen molar-refractivity contribution in [3.63, 3.8) is 0 Å². The first-order chi connectivity index (χ1) is 15.5.